The summed E-state index contributed by atoms with van der Waals surface area (Å²) < 4.78 is 4.15. The normalized spacial score (nSPS) is 11.1. The second-order valence-electron chi connectivity index (χ2n) is 6.99. The van der Waals surface area contributed by atoms with Crippen molar-refractivity contribution in [2.24, 2.45) is 7.05 Å². The SMILES string of the molecule is Cn1cc(-c2cc3cnc(Nc4ccncc4)cc3n2Cc2ccccc2)cn1. The van der Waals surface area contributed by atoms with Gasteiger partial charge in [-0.2, -0.15) is 5.10 Å². The van der Waals surface area contributed by atoms with Gasteiger partial charge in [-0.15, -0.1) is 0 Å². The molecule has 0 amide bonds. The third-order valence-corrected chi connectivity index (χ3v) is 4.92. The molecule has 1 aromatic carbocycles. The fraction of sp³-hybridized carbons (Fsp3) is 0.0870. The summed E-state index contributed by atoms with van der Waals surface area (Å²) in [6.07, 6.45) is 9.39. The lowest BCUT2D eigenvalue weighted by atomic mass is 10.2. The van der Waals surface area contributed by atoms with Gasteiger partial charge in [-0.05, 0) is 23.8 Å². The van der Waals surface area contributed by atoms with E-state index in [2.05, 4.69) is 61.3 Å². The number of anilines is 2. The molecule has 0 aliphatic heterocycles. The third kappa shape index (κ3) is 3.48. The van der Waals surface area contributed by atoms with Crippen LogP contribution in [0, 0.1) is 0 Å². The van der Waals surface area contributed by atoms with Crippen LogP contribution in [0.3, 0.4) is 0 Å². The number of aromatic nitrogens is 5. The third-order valence-electron chi connectivity index (χ3n) is 4.92. The molecule has 142 valence electrons. The molecular formula is C23H20N6. The van der Waals surface area contributed by atoms with E-state index < -0.39 is 0 Å². The Balaban J connectivity index is 1.62. The van der Waals surface area contributed by atoms with E-state index in [-0.39, 0.29) is 0 Å². The zero-order valence-electron chi connectivity index (χ0n) is 16.0. The highest BCUT2D eigenvalue weighted by molar-refractivity contribution is 5.88. The van der Waals surface area contributed by atoms with Crippen molar-refractivity contribution in [3.05, 3.63) is 91.1 Å². The minimum Gasteiger partial charge on any atom is -0.340 e. The molecule has 4 heterocycles. The number of hydrogen-bond donors (Lipinski definition) is 1. The Bertz CT molecular complexity index is 1250. The van der Waals surface area contributed by atoms with Gasteiger partial charge < -0.3 is 9.88 Å². The molecule has 0 radical (unpaired) electrons. The second-order valence-corrected chi connectivity index (χ2v) is 6.99. The molecule has 29 heavy (non-hydrogen) atoms. The Kier molecular flexibility index (Phi) is 4.29. The van der Waals surface area contributed by atoms with E-state index in [0.717, 1.165) is 40.2 Å². The van der Waals surface area contributed by atoms with Crippen molar-refractivity contribution in [1.29, 1.82) is 0 Å². The van der Waals surface area contributed by atoms with E-state index in [1.807, 2.05) is 48.5 Å². The molecule has 4 aromatic heterocycles. The van der Waals surface area contributed by atoms with Crippen molar-refractivity contribution in [3.8, 4) is 11.3 Å². The maximum Gasteiger partial charge on any atom is 0.132 e. The lowest BCUT2D eigenvalue weighted by molar-refractivity contribution is 0.767. The van der Waals surface area contributed by atoms with Crippen LogP contribution in [0.5, 0.6) is 0 Å². The van der Waals surface area contributed by atoms with Crippen LogP contribution >= 0.6 is 0 Å². The van der Waals surface area contributed by atoms with E-state index in [1.165, 1.54) is 5.56 Å². The molecule has 6 nitrogen and oxygen atoms in total. The Labute approximate surface area is 168 Å². The predicted molar refractivity (Wildman–Crippen MR) is 115 cm³/mol. The minimum absolute atomic E-state index is 0.771. The topological polar surface area (TPSA) is 60.6 Å². The summed E-state index contributed by atoms with van der Waals surface area (Å²) in [5.74, 6) is 0.800. The smallest absolute Gasteiger partial charge is 0.132 e. The highest BCUT2D eigenvalue weighted by atomic mass is 15.2. The van der Waals surface area contributed by atoms with Crippen molar-refractivity contribution in [1.82, 2.24) is 24.3 Å². The molecule has 1 N–H and O–H groups in total. The number of rotatable bonds is 5. The minimum atomic E-state index is 0.771. The van der Waals surface area contributed by atoms with Crippen LogP contribution in [0.4, 0.5) is 11.5 Å². The van der Waals surface area contributed by atoms with Gasteiger partial charge in [0, 0.05) is 61.1 Å². The summed E-state index contributed by atoms with van der Waals surface area (Å²) in [5.41, 5.74) is 5.54. The van der Waals surface area contributed by atoms with Crippen molar-refractivity contribution >= 4 is 22.4 Å². The summed E-state index contributed by atoms with van der Waals surface area (Å²) in [6, 6.07) is 18.6. The molecular weight excluding hydrogens is 360 g/mol. The van der Waals surface area contributed by atoms with Gasteiger partial charge in [0.05, 0.1) is 17.4 Å². The average molecular weight is 380 g/mol. The largest absolute Gasteiger partial charge is 0.340 e. The van der Waals surface area contributed by atoms with E-state index in [9.17, 15) is 0 Å². The molecule has 0 atom stereocenters. The number of fused-ring (bicyclic) bond motifs is 1. The van der Waals surface area contributed by atoms with E-state index in [0.29, 0.717) is 0 Å². The molecule has 0 spiro atoms. The number of hydrogen-bond acceptors (Lipinski definition) is 4. The molecule has 0 aliphatic rings. The Morgan fingerprint density at radius 2 is 1.79 bits per heavy atom. The fourth-order valence-corrected chi connectivity index (χ4v) is 3.54. The van der Waals surface area contributed by atoms with Gasteiger partial charge in [0.1, 0.15) is 5.82 Å². The van der Waals surface area contributed by atoms with Crippen LogP contribution in [0.15, 0.2) is 85.6 Å². The predicted octanol–water partition coefficient (Wildman–Crippen LogP) is 4.62. The number of nitrogens with one attached hydrogen (secondary N) is 1. The molecule has 0 saturated carbocycles. The lowest BCUT2D eigenvalue weighted by Crippen LogP contribution is -2.02. The quantitative estimate of drug-likeness (QED) is 0.483. The van der Waals surface area contributed by atoms with Gasteiger partial charge in [-0.25, -0.2) is 4.98 Å². The standard InChI is InChI=1S/C23H20N6/c1-28-16-19(14-26-28)21-11-18-13-25-23(27-20-7-9-24-10-8-20)12-22(18)29(21)15-17-5-3-2-4-6-17/h2-14,16H,15H2,1H3,(H,24,25,27). The van der Waals surface area contributed by atoms with Crippen LogP contribution in [0.1, 0.15) is 5.56 Å². The molecule has 0 fully saturated rings. The van der Waals surface area contributed by atoms with Crippen molar-refractivity contribution in [2.75, 3.05) is 5.32 Å². The zero-order chi connectivity index (χ0) is 19.6. The molecule has 0 aliphatic carbocycles. The van der Waals surface area contributed by atoms with Gasteiger partial charge >= 0.3 is 0 Å². The van der Waals surface area contributed by atoms with Gasteiger partial charge in [0.2, 0.25) is 0 Å². The molecule has 0 saturated heterocycles. The van der Waals surface area contributed by atoms with Crippen molar-refractivity contribution < 1.29 is 0 Å². The Morgan fingerprint density at radius 1 is 0.966 bits per heavy atom. The second kappa shape index (κ2) is 7.24. The lowest BCUT2D eigenvalue weighted by Gasteiger charge is -2.11. The Hall–Kier alpha value is -3.93. The van der Waals surface area contributed by atoms with E-state index >= 15 is 0 Å². The Morgan fingerprint density at radius 3 is 2.55 bits per heavy atom. The van der Waals surface area contributed by atoms with Gasteiger partial charge in [-0.3, -0.25) is 9.67 Å². The summed E-state index contributed by atoms with van der Waals surface area (Å²) in [4.78, 5) is 8.66. The zero-order valence-corrected chi connectivity index (χ0v) is 16.0. The van der Waals surface area contributed by atoms with Crippen LogP contribution in [-0.2, 0) is 13.6 Å². The average Bonchev–Trinajstić information content (AvgIpc) is 3.33. The first-order valence-corrected chi connectivity index (χ1v) is 9.45. The first-order chi connectivity index (χ1) is 14.3. The number of pyridine rings is 2. The van der Waals surface area contributed by atoms with Crippen LogP contribution in [0.2, 0.25) is 0 Å². The summed E-state index contributed by atoms with van der Waals surface area (Å²) in [6.45, 7) is 0.771. The molecule has 0 unspecified atom stereocenters. The maximum absolute atomic E-state index is 4.60. The summed E-state index contributed by atoms with van der Waals surface area (Å²) >= 11 is 0. The first-order valence-electron chi connectivity index (χ1n) is 9.45. The van der Waals surface area contributed by atoms with Crippen molar-refractivity contribution in [2.45, 2.75) is 6.54 Å². The highest BCUT2D eigenvalue weighted by Gasteiger charge is 2.14. The fourth-order valence-electron chi connectivity index (χ4n) is 3.54. The molecule has 6 heteroatoms. The van der Waals surface area contributed by atoms with Crippen LogP contribution in [-0.4, -0.2) is 24.3 Å². The van der Waals surface area contributed by atoms with Crippen LogP contribution < -0.4 is 5.32 Å². The summed E-state index contributed by atoms with van der Waals surface area (Å²) in [5, 5.41) is 8.81. The highest BCUT2D eigenvalue weighted by Crippen LogP contribution is 2.30. The van der Waals surface area contributed by atoms with Crippen molar-refractivity contribution in [3.63, 3.8) is 0 Å². The molecule has 5 rings (SSSR count). The van der Waals surface area contributed by atoms with Crippen LogP contribution in [0.25, 0.3) is 22.2 Å². The molecule has 0 bridgehead atoms. The number of nitrogens with zero attached hydrogens (tertiary/aromatic N) is 5. The first kappa shape index (κ1) is 17.2. The van der Waals surface area contributed by atoms with Gasteiger partial charge in [0.25, 0.3) is 0 Å². The maximum atomic E-state index is 4.60. The molecule has 5 aromatic rings. The van der Waals surface area contributed by atoms with Gasteiger partial charge in [0.15, 0.2) is 0 Å². The summed E-state index contributed by atoms with van der Waals surface area (Å²) in [7, 11) is 1.94. The number of aryl methyl sites for hydroxylation is 1. The monoisotopic (exact) mass is 380 g/mol. The van der Waals surface area contributed by atoms with Gasteiger partial charge in [-0.1, -0.05) is 30.3 Å². The van der Waals surface area contributed by atoms with E-state index in [4.69, 9.17) is 0 Å². The number of benzene rings is 1. The van der Waals surface area contributed by atoms with E-state index in [1.54, 1.807) is 12.4 Å².